The van der Waals surface area contributed by atoms with Crippen LogP contribution in [0.4, 0.5) is 4.39 Å². The minimum atomic E-state index is -0.919. The van der Waals surface area contributed by atoms with E-state index in [0.717, 1.165) is 12.3 Å². The van der Waals surface area contributed by atoms with E-state index < -0.39 is 23.5 Å². The maximum atomic E-state index is 12.6. The Bertz CT molecular complexity index is 389. The quantitative estimate of drug-likeness (QED) is 0.443. The van der Waals surface area contributed by atoms with E-state index in [-0.39, 0.29) is 12.3 Å². The van der Waals surface area contributed by atoms with Gasteiger partial charge in [0.1, 0.15) is 17.4 Å². The van der Waals surface area contributed by atoms with Gasteiger partial charge in [-0.3, -0.25) is 14.6 Å². The van der Waals surface area contributed by atoms with E-state index in [9.17, 15) is 14.0 Å². The summed E-state index contributed by atoms with van der Waals surface area (Å²) in [5, 5.41) is 0. The minimum absolute atomic E-state index is 0.0574. The number of aromatic nitrogens is 1. The van der Waals surface area contributed by atoms with Crippen LogP contribution in [0.3, 0.4) is 0 Å². The monoisotopic (exact) mass is 225 g/mol. The third-order valence-electron chi connectivity index (χ3n) is 2.01. The molecule has 1 unspecified atom stereocenters. The molecule has 0 saturated carbocycles. The molecule has 86 valence electrons. The maximum absolute atomic E-state index is 12.6. The molecular formula is C11H12FNO3. The summed E-state index contributed by atoms with van der Waals surface area (Å²) in [5.41, 5.74) is 0.0574. The average Bonchev–Trinajstić information content (AvgIpc) is 2.28. The lowest BCUT2D eigenvalue weighted by Crippen LogP contribution is -2.24. The second-order valence-corrected chi connectivity index (χ2v) is 3.20. The number of carbonyl (C=O) groups is 2. The molecule has 0 radical (unpaired) electrons. The van der Waals surface area contributed by atoms with Gasteiger partial charge in [-0.2, -0.15) is 0 Å². The fraction of sp³-hybridized carbons (Fsp3) is 0.364. The van der Waals surface area contributed by atoms with E-state index >= 15 is 0 Å². The molecule has 0 aliphatic rings. The summed E-state index contributed by atoms with van der Waals surface area (Å²) in [4.78, 5) is 26.6. The van der Waals surface area contributed by atoms with Crippen molar-refractivity contribution in [3.63, 3.8) is 0 Å². The number of hydrogen-bond acceptors (Lipinski definition) is 4. The highest BCUT2D eigenvalue weighted by Gasteiger charge is 2.24. The Kier molecular flexibility index (Phi) is 4.10. The normalized spacial score (nSPS) is 11.9. The molecule has 1 rings (SSSR count). The first kappa shape index (κ1) is 12.3. The molecule has 0 aromatic carbocycles. The van der Waals surface area contributed by atoms with Gasteiger partial charge in [-0.15, -0.1) is 0 Å². The van der Waals surface area contributed by atoms with Gasteiger partial charge in [-0.05, 0) is 26.0 Å². The molecule has 0 amide bonds. The van der Waals surface area contributed by atoms with E-state index in [1.165, 1.54) is 13.0 Å². The Morgan fingerprint density at radius 1 is 1.50 bits per heavy atom. The zero-order valence-corrected chi connectivity index (χ0v) is 9.07. The SMILES string of the molecule is CCOC(=O)C(C)C(=O)c1ccc(F)cn1. The zero-order chi connectivity index (χ0) is 12.1. The lowest BCUT2D eigenvalue weighted by Gasteiger charge is -2.08. The first-order chi connectivity index (χ1) is 7.56. The van der Waals surface area contributed by atoms with Gasteiger partial charge in [0.15, 0.2) is 5.78 Å². The van der Waals surface area contributed by atoms with Crippen molar-refractivity contribution in [1.29, 1.82) is 0 Å². The number of ether oxygens (including phenoxy) is 1. The summed E-state index contributed by atoms with van der Waals surface area (Å²) in [5.74, 6) is -2.52. The van der Waals surface area contributed by atoms with Gasteiger partial charge in [0.25, 0.3) is 0 Å². The molecule has 1 atom stereocenters. The number of ketones is 1. The maximum Gasteiger partial charge on any atom is 0.316 e. The van der Waals surface area contributed by atoms with Crippen LogP contribution in [0.2, 0.25) is 0 Å². The minimum Gasteiger partial charge on any atom is -0.465 e. The standard InChI is InChI=1S/C11H12FNO3/c1-3-16-11(15)7(2)10(14)9-5-4-8(12)6-13-9/h4-7H,3H2,1-2H3. The summed E-state index contributed by atoms with van der Waals surface area (Å²) in [6, 6.07) is 2.37. The molecule has 0 aliphatic heterocycles. The molecule has 0 fully saturated rings. The molecule has 0 aliphatic carbocycles. The molecule has 1 aromatic rings. The number of Topliss-reactive ketones (excluding diaryl/α,β-unsaturated/α-hetero) is 1. The van der Waals surface area contributed by atoms with E-state index in [0.29, 0.717) is 0 Å². The molecule has 0 spiro atoms. The molecular weight excluding hydrogens is 213 g/mol. The van der Waals surface area contributed by atoms with Gasteiger partial charge >= 0.3 is 5.97 Å². The summed E-state index contributed by atoms with van der Waals surface area (Å²) in [6.07, 6.45) is 0.936. The third-order valence-corrected chi connectivity index (χ3v) is 2.01. The van der Waals surface area contributed by atoms with Crippen LogP contribution in [0.25, 0.3) is 0 Å². The molecule has 4 nitrogen and oxygen atoms in total. The van der Waals surface area contributed by atoms with Crippen LogP contribution in [0.15, 0.2) is 18.3 Å². The molecule has 1 aromatic heterocycles. The zero-order valence-electron chi connectivity index (χ0n) is 9.07. The van der Waals surface area contributed by atoms with Crippen LogP contribution in [-0.4, -0.2) is 23.3 Å². The predicted octanol–water partition coefficient (Wildman–Crippen LogP) is 1.60. The topological polar surface area (TPSA) is 56.3 Å². The van der Waals surface area contributed by atoms with Crippen LogP contribution in [0, 0.1) is 11.7 Å². The Morgan fingerprint density at radius 3 is 2.69 bits per heavy atom. The smallest absolute Gasteiger partial charge is 0.316 e. The van der Waals surface area contributed by atoms with Gasteiger partial charge < -0.3 is 4.74 Å². The number of rotatable bonds is 4. The van der Waals surface area contributed by atoms with Crippen molar-refractivity contribution in [2.75, 3.05) is 6.61 Å². The second-order valence-electron chi connectivity index (χ2n) is 3.20. The summed E-state index contributed by atoms with van der Waals surface area (Å²) in [7, 11) is 0. The highest BCUT2D eigenvalue weighted by Crippen LogP contribution is 2.08. The number of hydrogen-bond donors (Lipinski definition) is 0. The third kappa shape index (κ3) is 2.85. The number of esters is 1. The fourth-order valence-corrected chi connectivity index (χ4v) is 1.12. The van der Waals surface area contributed by atoms with Gasteiger partial charge in [0.05, 0.1) is 12.8 Å². The van der Waals surface area contributed by atoms with E-state index in [4.69, 9.17) is 4.74 Å². The van der Waals surface area contributed by atoms with Crippen molar-refractivity contribution in [3.8, 4) is 0 Å². The summed E-state index contributed by atoms with van der Waals surface area (Å²) >= 11 is 0. The van der Waals surface area contributed by atoms with Crippen molar-refractivity contribution < 1.29 is 18.7 Å². The lowest BCUT2D eigenvalue weighted by molar-refractivity contribution is -0.145. The first-order valence-corrected chi connectivity index (χ1v) is 4.88. The van der Waals surface area contributed by atoms with E-state index in [1.807, 2.05) is 0 Å². The summed E-state index contributed by atoms with van der Waals surface area (Å²) in [6.45, 7) is 3.31. The van der Waals surface area contributed by atoms with Crippen LogP contribution < -0.4 is 0 Å². The van der Waals surface area contributed by atoms with Crippen LogP contribution in [0.1, 0.15) is 24.3 Å². The number of halogens is 1. The number of pyridine rings is 1. The second kappa shape index (κ2) is 5.34. The van der Waals surface area contributed by atoms with Crippen LogP contribution in [-0.2, 0) is 9.53 Å². The van der Waals surface area contributed by atoms with Crippen molar-refractivity contribution in [3.05, 3.63) is 29.8 Å². The van der Waals surface area contributed by atoms with Gasteiger partial charge in [0.2, 0.25) is 0 Å². The molecule has 0 saturated heterocycles. The number of carbonyl (C=O) groups excluding carboxylic acids is 2. The molecule has 16 heavy (non-hydrogen) atoms. The average molecular weight is 225 g/mol. The van der Waals surface area contributed by atoms with Crippen molar-refractivity contribution in [2.45, 2.75) is 13.8 Å². The van der Waals surface area contributed by atoms with Crippen molar-refractivity contribution in [1.82, 2.24) is 4.98 Å². The van der Waals surface area contributed by atoms with E-state index in [1.54, 1.807) is 6.92 Å². The lowest BCUT2D eigenvalue weighted by atomic mass is 10.0. The largest absolute Gasteiger partial charge is 0.465 e. The van der Waals surface area contributed by atoms with Gasteiger partial charge in [-0.25, -0.2) is 4.39 Å². The molecule has 0 N–H and O–H groups in total. The Balaban J connectivity index is 2.78. The van der Waals surface area contributed by atoms with E-state index in [2.05, 4.69) is 4.98 Å². The summed E-state index contributed by atoms with van der Waals surface area (Å²) < 4.78 is 17.3. The Hall–Kier alpha value is -1.78. The van der Waals surface area contributed by atoms with Crippen molar-refractivity contribution in [2.24, 2.45) is 5.92 Å². The van der Waals surface area contributed by atoms with Crippen LogP contribution in [0.5, 0.6) is 0 Å². The molecule has 0 bridgehead atoms. The highest BCUT2D eigenvalue weighted by atomic mass is 19.1. The number of nitrogens with zero attached hydrogens (tertiary/aromatic N) is 1. The van der Waals surface area contributed by atoms with Crippen molar-refractivity contribution >= 4 is 11.8 Å². The van der Waals surface area contributed by atoms with Gasteiger partial charge in [-0.1, -0.05) is 0 Å². The first-order valence-electron chi connectivity index (χ1n) is 4.88. The van der Waals surface area contributed by atoms with Gasteiger partial charge in [0, 0.05) is 0 Å². The fourth-order valence-electron chi connectivity index (χ4n) is 1.12. The predicted molar refractivity (Wildman–Crippen MR) is 54.3 cm³/mol. The Labute approximate surface area is 92.4 Å². The molecule has 5 heteroatoms. The highest BCUT2D eigenvalue weighted by molar-refractivity contribution is 6.07. The van der Waals surface area contributed by atoms with Crippen LogP contribution >= 0.6 is 0 Å². The Morgan fingerprint density at radius 2 is 2.19 bits per heavy atom. The molecule has 1 heterocycles.